The fourth-order valence-electron chi connectivity index (χ4n) is 2.93. The van der Waals surface area contributed by atoms with E-state index in [1.165, 1.54) is 6.07 Å². The molecule has 26 heavy (non-hydrogen) atoms. The number of fused-ring (bicyclic) bond motifs is 1. The molecule has 0 amide bonds. The molecule has 4 heteroatoms. The van der Waals surface area contributed by atoms with Gasteiger partial charge in [-0.1, -0.05) is 66.7 Å². The molecule has 0 atom stereocenters. The molecule has 0 saturated heterocycles. The number of benzene rings is 3. The molecule has 0 N–H and O–H groups in total. The summed E-state index contributed by atoms with van der Waals surface area (Å²) in [5.74, 6) is -1.11. The van der Waals surface area contributed by atoms with Crippen molar-refractivity contribution < 1.29 is 8.78 Å². The maximum absolute atomic E-state index is 13.8. The fraction of sp³-hybridized carbons (Fsp3) is 0.0455. The molecule has 3 aromatic carbocycles. The highest BCUT2D eigenvalue weighted by atomic mass is 19.2. The predicted octanol–water partition coefficient (Wildman–Crippen LogP) is 5.53. The predicted molar refractivity (Wildman–Crippen MR) is 101 cm³/mol. The molecule has 0 unspecified atom stereocenters. The van der Waals surface area contributed by atoms with E-state index in [4.69, 9.17) is 0 Å². The summed E-state index contributed by atoms with van der Waals surface area (Å²) in [5, 5.41) is 0. The van der Waals surface area contributed by atoms with Crippen LogP contribution in [0.4, 0.5) is 8.78 Å². The van der Waals surface area contributed by atoms with Crippen molar-refractivity contribution in [1.82, 2.24) is 9.55 Å². The lowest BCUT2D eigenvalue weighted by Crippen LogP contribution is -2.02. The summed E-state index contributed by atoms with van der Waals surface area (Å²) in [4.78, 5) is 4.50. The standard InChI is InChI=1S/C22H16F2N2/c23-18-13-20-21(14-19(18)24)26(15-17-9-5-2-6-10-17)22(25-20)12-11-16-7-3-1-4-8-16/h1-14H,15H2/b12-11+. The number of halogens is 2. The van der Waals surface area contributed by atoms with Crippen LogP contribution in [0, 0.1) is 11.6 Å². The van der Waals surface area contributed by atoms with Gasteiger partial charge >= 0.3 is 0 Å². The summed E-state index contributed by atoms with van der Waals surface area (Å²) < 4.78 is 29.3. The Morgan fingerprint density at radius 2 is 1.46 bits per heavy atom. The molecular formula is C22H16F2N2. The topological polar surface area (TPSA) is 17.8 Å². The van der Waals surface area contributed by atoms with Crippen LogP contribution in [0.25, 0.3) is 23.2 Å². The van der Waals surface area contributed by atoms with E-state index in [0.29, 0.717) is 23.4 Å². The first-order chi connectivity index (χ1) is 12.7. The average molecular weight is 346 g/mol. The van der Waals surface area contributed by atoms with Crippen molar-refractivity contribution >= 4 is 23.2 Å². The zero-order valence-electron chi connectivity index (χ0n) is 13.9. The van der Waals surface area contributed by atoms with Crippen LogP contribution in [0.15, 0.2) is 72.8 Å². The normalized spacial score (nSPS) is 11.5. The minimum atomic E-state index is -0.888. The van der Waals surface area contributed by atoms with Gasteiger partial charge in [-0.05, 0) is 17.2 Å². The molecule has 4 aromatic rings. The van der Waals surface area contributed by atoms with Crippen LogP contribution < -0.4 is 0 Å². The van der Waals surface area contributed by atoms with E-state index in [1.54, 1.807) is 0 Å². The Kier molecular flexibility index (Phi) is 4.32. The van der Waals surface area contributed by atoms with Gasteiger partial charge in [0.2, 0.25) is 0 Å². The van der Waals surface area contributed by atoms with Crippen molar-refractivity contribution in [3.8, 4) is 0 Å². The summed E-state index contributed by atoms with van der Waals surface area (Å²) in [6.07, 6.45) is 3.81. The second kappa shape index (κ2) is 6.92. The number of hydrogen-bond acceptors (Lipinski definition) is 1. The van der Waals surface area contributed by atoms with Gasteiger partial charge in [-0.3, -0.25) is 0 Å². The molecule has 0 aliphatic heterocycles. The smallest absolute Gasteiger partial charge is 0.161 e. The van der Waals surface area contributed by atoms with Crippen LogP contribution in [0.3, 0.4) is 0 Å². The summed E-state index contributed by atoms with van der Waals surface area (Å²) in [6.45, 7) is 0.525. The lowest BCUT2D eigenvalue weighted by Gasteiger charge is -2.07. The number of nitrogens with zero attached hydrogens (tertiary/aromatic N) is 2. The van der Waals surface area contributed by atoms with Gasteiger partial charge in [0, 0.05) is 18.7 Å². The van der Waals surface area contributed by atoms with Crippen molar-refractivity contribution in [2.24, 2.45) is 0 Å². The van der Waals surface area contributed by atoms with Crippen LogP contribution in [-0.2, 0) is 6.54 Å². The van der Waals surface area contributed by atoms with Gasteiger partial charge in [-0.25, -0.2) is 13.8 Å². The highest BCUT2D eigenvalue weighted by molar-refractivity contribution is 5.80. The van der Waals surface area contributed by atoms with Crippen LogP contribution in [0.5, 0.6) is 0 Å². The molecule has 0 fully saturated rings. The number of imidazole rings is 1. The first kappa shape index (κ1) is 16.2. The molecule has 0 aliphatic carbocycles. The van der Waals surface area contributed by atoms with E-state index in [2.05, 4.69) is 4.98 Å². The molecule has 1 heterocycles. The van der Waals surface area contributed by atoms with Crippen molar-refractivity contribution in [3.63, 3.8) is 0 Å². The second-order valence-corrected chi connectivity index (χ2v) is 6.04. The Morgan fingerprint density at radius 3 is 2.19 bits per heavy atom. The van der Waals surface area contributed by atoms with Gasteiger partial charge in [0.05, 0.1) is 11.0 Å². The highest BCUT2D eigenvalue weighted by Crippen LogP contribution is 2.22. The molecule has 0 spiro atoms. The minimum Gasteiger partial charge on any atom is -0.320 e. The molecule has 0 aliphatic rings. The molecule has 4 rings (SSSR count). The van der Waals surface area contributed by atoms with Crippen molar-refractivity contribution in [3.05, 3.63) is 101 Å². The van der Waals surface area contributed by atoms with Crippen molar-refractivity contribution in [2.75, 3.05) is 0 Å². The Hall–Kier alpha value is -3.27. The monoisotopic (exact) mass is 346 g/mol. The summed E-state index contributed by atoms with van der Waals surface area (Å²) in [5.41, 5.74) is 3.10. The Balaban J connectivity index is 1.82. The zero-order valence-corrected chi connectivity index (χ0v) is 13.9. The van der Waals surface area contributed by atoms with E-state index in [0.717, 1.165) is 17.2 Å². The van der Waals surface area contributed by atoms with E-state index < -0.39 is 11.6 Å². The maximum Gasteiger partial charge on any atom is 0.161 e. The van der Waals surface area contributed by atoms with Crippen LogP contribution >= 0.6 is 0 Å². The Labute approximate surface area is 150 Å². The number of hydrogen-bond donors (Lipinski definition) is 0. The van der Waals surface area contributed by atoms with Gasteiger partial charge in [-0.2, -0.15) is 0 Å². The van der Waals surface area contributed by atoms with E-state index in [9.17, 15) is 8.78 Å². The maximum atomic E-state index is 13.8. The number of aromatic nitrogens is 2. The van der Waals surface area contributed by atoms with E-state index in [1.807, 2.05) is 77.4 Å². The molecule has 128 valence electrons. The third kappa shape index (κ3) is 3.26. The summed E-state index contributed by atoms with van der Waals surface area (Å²) >= 11 is 0. The quantitative estimate of drug-likeness (QED) is 0.475. The lowest BCUT2D eigenvalue weighted by molar-refractivity contribution is 0.510. The zero-order chi connectivity index (χ0) is 17.9. The molecule has 2 nitrogen and oxygen atoms in total. The fourth-order valence-corrected chi connectivity index (χ4v) is 2.93. The molecule has 0 radical (unpaired) electrons. The molecule has 1 aromatic heterocycles. The number of rotatable bonds is 4. The van der Waals surface area contributed by atoms with Crippen LogP contribution in [-0.4, -0.2) is 9.55 Å². The van der Waals surface area contributed by atoms with Gasteiger partial charge < -0.3 is 4.57 Å². The molecule has 0 saturated carbocycles. The first-order valence-corrected chi connectivity index (χ1v) is 8.33. The minimum absolute atomic E-state index is 0.438. The first-order valence-electron chi connectivity index (χ1n) is 8.33. The summed E-state index contributed by atoms with van der Waals surface area (Å²) in [7, 11) is 0. The van der Waals surface area contributed by atoms with Crippen LogP contribution in [0.1, 0.15) is 17.0 Å². The summed E-state index contributed by atoms with van der Waals surface area (Å²) in [6, 6.07) is 22.0. The third-order valence-electron chi connectivity index (χ3n) is 4.23. The SMILES string of the molecule is Fc1cc2nc(/C=C/c3ccccc3)n(Cc3ccccc3)c2cc1F. The molecular weight excluding hydrogens is 330 g/mol. The van der Waals surface area contributed by atoms with E-state index >= 15 is 0 Å². The van der Waals surface area contributed by atoms with E-state index in [-0.39, 0.29) is 0 Å². The van der Waals surface area contributed by atoms with Crippen LogP contribution in [0.2, 0.25) is 0 Å². The van der Waals surface area contributed by atoms with Gasteiger partial charge in [0.25, 0.3) is 0 Å². The second-order valence-electron chi connectivity index (χ2n) is 6.04. The van der Waals surface area contributed by atoms with Crippen molar-refractivity contribution in [1.29, 1.82) is 0 Å². The van der Waals surface area contributed by atoms with Gasteiger partial charge in [0.1, 0.15) is 5.82 Å². The highest BCUT2D eigenvalue weighted by Gasteiger charge is 2.13. The van der Waals surface area contributed by atoms with Gasteiger partial charge in [-0.15, -0.1) is 0 Å². The average Bonchev–Trinajstić information content (AvgIpc) is 2.99. The van der Waals surface area contributed by atoms with Crippen molar-refractivity contribution in [2.45, 2.75) is 6.54 Å². The third-order valence-corrected chi connectivity index (χ3v) is 4.23. The molecule has 0 bridgehead atoms. The van der Waals surface area contributed by atoms with Gasteiger partial charge in [0.15, 0.2) is 11.6 Å². The lowest BCUT2D eigenvalue weighted by atomic mass is 10.2. The largest absolute Gasteiger partial charge is 0.320 e. The Morgan fingerprint density at radius 1 is 0.808 bits per heavy atom. The Bertz CT molecular complexity index is 1070.